The number of fused-ring (bicyclic) bond motifs is 1. The Morgan fingerprint density at radius 1 is 1.03 bits per heavy atom. The first kappa shape index (κ1) is 20.0. The van der Waals surface area contributed by atoms with E-state index in [9.17, 15) is 14.4 Å². The van der Waals surface area contributed by atoms with Gasteiger partial charge in [0.1, 0.15) is 0 Å². The van der Waals surface area contributed by atoms with Crippen molar-refractivity contribution in [3.63, 3.8) is 0 Å². The number of nitrogens with zero attached hydrogens (tertiary/aromatic N) is 1. The van der Waals surface area contributed by atoms with E-state index >= 15 is 0 Å². The third-order valence-electron chi connectivity index (χ3n) is 5.11. The maximum atomic E-state index is 12.8. The summed E-state index contributed by atoms with van der Waals surface area (Å²) in [6, 6.07) is 14.2. The van der Waals surface area contributed by atoms with Crippen molar-refractivity contribution in [1.29, 1.82) is 0 Å². The fraction of sp³-hybridized carbons (Fsp3) is 0.217. The van der Waals surface area contributed by atoms with Crippen LogP contribution in [-0.4, -0.2) is 22.6 Å². The zero-order valence-corrected chi connectivity index (χ0v) is 17.5. The van der Waals surface area contributed by atoms with Crippen molar-refractivity contribution in [1.82, 2.24) is 4.98 Å². The Balaban J connectivity index is 1.46. The van der Waals surface area contributed by atoms with E-state index in [0.29, 0.717) is 28.4 Å². The molecular weight excluding hydrogens is 398 g/mol. The molecule has 0 fully saturated rings. The normalized spacial score (nSPS) is 14.8. The summed E-state index contributed by atoms with van der Waals surface area (Å²) in [5.41, 5.74) is 3.51. The van der Waals surface area contributed by atoms with Crippen LogP contribution in [0.15, 0.2) is 48.5 Å². The van der Waals surface area contributed by atoms with E-state index in [0.717, 1.165) is 22.6 Å². The van der Waals surface area contributed by atoms with Gasteiger partial charge in [-0.15, -0.1) is 11.3 Å². The highest BCUT2D eigenvalue weighted by Crippen LogP contribution is 2.39. The van der Waals surface area contributed by atoms with Crippen LogP contribution in [-0.2, 0) is 11.2 Å². The Hall–Kier alpha value is -3.32. The highest BCUT2D eigenvalue weighted by molar-refractivity contribution is 7.16. The average Bonchev–Trinajstić information content (AvgIpc) is 3.28. The number of nitrogens with one attached hydrogen (secondary N) is 2. The van der Waals surface area contributed by atoms with Crippen LogP contribution in [0, 0.1) is 6.92 Å². The summed E-state index contributed by atoms with van der Waals surface area (Å²) in [5.74, 6) is -0.800. The summed E-state index contributed by atoms with van der Waals surface area (Å²) in [7, 11) is 0. The van der Waals surface area contributed by atoms with Crippen molar-refractivity contribution < 1.29 is 14.4 Å². The van der Waals surface area contributed by atoms with Gasteiger partial charge in [-0.3, -0.25) is 19.7 Å². The minimum atomic E-state index is -0.373. The molecule has 0 spiro atoms. The lowest BCUT2D eigenvalue weighted by Crippen LogP contribution is -2.20. The summed E-state index contributed by atoms with van der Waals surface area (Å²) >= 11 is 1.41. The fourth-order valence-electron chi connectivity index (χ4n) is 3.46. The van der Waals surface area contributed by atoms with E-state index in [1.807, 2.05) is 19.1 Å². The average molecular weight is 420 g/mol. The van der Waals surface area contributed by atoms with Gasteiger partial charge in [-0.25, -0.2) is 4.98 Å². The number of carbonyl (C=O) groups is 3. The molecule has 2 aromatic carbocycles. The van der Waals surface area contributed by atoms with E-state index in [-0.39, 0.29) is 23.5 Å². The molecule has 2 amide bonds. The van der Waals surface area contributed by atoms with Gasteiger partial charge in [0.25, 0.3) is 5.91 Å². The lowest BCUT2D eigenvalue weighted by Gasteiger charge is -2.11. The van der Waals surface area contributed by atoms with Gasteiger partial charge in [0.15, 0.2) is 10.9 Å². The minimum absolute atomic E-state index is 0.0530. The summed E-state index contributed by atoms with van der Waals surface area (Å²) in [5, 5.41) is 6.22. The maximum Gasteiger partial charge on any atom is 0.257 e. The molecule has 0 saturated heterocycles. The van der Waals surface area contributed by atoms with Gasteiger partial charge in [0.2, 0.25) is 5.91 Å². The topological polar surface area (TPSA) is 88.2 Å². The molecule has 0 bridgehead atoms. The van der Waals surface area contributed by atoms with E-state index in [1.54, 1.807) is 36.4 Å². The monoisotopic (exact) mass is 419 g/mol. The lowest BCUT2D eigenvalue weighted by atomic mass is 10.1. The molecule has 1 aliphatic carbocycles. The molecule has 1 aromatic heterocycles. The second-order valence-corrected chi connectivity index (χ2v) is 8.45. The summed E-state index contributed by atoms with van der Waals surface area (Å²) in [4.78, 5) is 42.4. The van der Waals surface area contributed by atoms with Crippen LogP contribution in [0.3, 0.4) is 0 Å². The van der Waals surface area contributed by atoms with Crippen LogP contribution in [0.2, 0.25) is 0 Å². The molecule has 3 aromatic rings. The van der Waals surface area contributed by atoms with Crippen molar-refractivity contribution in [2.24, 2.45) is 0 Å². The van der Waals surface area contributed by atoms with Crippen LogP contribution in [0.25, 0.3) is 0 Å². The smallest absolute Gasteiger partial charge is 0.257 e. The number of rotatable bonds is 5. The Bertz CT molecular complexity index is 1130. The Kier molecular flexibility index (Phi) is 5.46. The molecule has 1 unspecified atom stereocenters. The molecule has 2 N–H and O–H groups in total. The summed E-state index contributed by atoms with van der Waals surface area (Å²) < 4.78 is 0. The van der Waals surface area contributed by atoms with E-state index in [4.69, 9.17) is 0 Å². The molecule has 0 radical (unpaired) electrons. The molecule has 1 atom stereocenters. The number of hydrogen-bond donors (Lipinski definition) is 2. The van der Waals surface area contributed by atoms with Gasteiger partial charge >= 0.3 is 0 Å². The van der Waals surface area contributed by atoms with Crippen LogP contribution < -0.4 is 10.6 Å². The number of benzene rings is 2. The largest absolute Gasteiger partial charge is 0.325 e. The number of carbonyl (C=O) groups excluding carboxylic acids is 3. The zero-order valence-electron chi connectivity index (χ0n) is 16.7. The molecule has 4 rings (SSSR count). The van der Waals surface area contributed by atoms with E-state index in [1.165, 1.54) is 18.3 Å². The number of amides is 2. The predicted molar refractivity (Wildman–Crippen MR) is 117 cm³/mol. The zero-order chi connectivity index (χ0) is 21.3. The minimum Gasteiger partial charge on any atom is -0.325 e. The van der Waals surface area contributed by atoms with Crippen molar-refractivity contribution in [3.8, 4) is 0 Å². The lowest BCUT2D eigenvalue weighted by molar-refractivity contribution is -0.117. The SMILES string of the molecule is CC(=O)c1cccc(NC(=O)C2CCc3sc(NC(=O)c4ccc(C)cc4)nc32)c1. The number of ketones is 1. The molecule has 6 nitrogen and oxygen atoms in total. The Labute approximate surface area is 178 Å². The highest BCUT2D eigenvalue weighted by atomic mass is 32.1. The molecule has 1 heterocycles. The standard InChI is InChI=1S/C23H21N3O3S/c1-13-6-8-15(9-7-13)21(28)26-23-25-20-18(10-11-19(20)30-23)22(29)24-17-5-3-4-16(12-17)14(2)27/h3-9,12,18H,10-11H2,1-2H3,(H,24,29)(H,25,26,28). The van der Waals surface area contributed by atoms with Crippen molar-refractivity contribution in [3.05, 3.63) is 75.8 Å². The number of aromatic nitrogens is 1. The van der Waals surface area contributed by atoms with Gasteiger partial charge in [0.05, 0.1) is 11.6 Å². The molecule has 0 aliphatic heterocycles. The van der Waals surface area contributed by atoms with Crippen LogP contribution in [0.1, 0.15) is 56.1 Å². The highest BCUT2D eigenvalue weighted by Gasteiger charge is 2.33. The van der Waals surface area contributed by atoms with Crippen molar-refractivity contribution in [2.45, 2.75) is 32.6 Å². The van der Waals surface area contributed by atoms with Crippen molar-refractivity contribution >= 4 is 39.8 Å². The van der Waals surface area contributed by atoms with Gasteiger partial charge in [0, 0.05) is 21.7 Å². The summed E-state index contributed by atoms with van der Waals surface area (Å²) in [6.07, 6.45) is 1.43. The van der Waals surface area contributed by atoms with Crippen LogP contribution in [0.5, 0.6) is 0 Å². The number of Topliss-reactive ketones (excluding diaryl/α,β-unsaturated/α-hetero) is 1. The van der Waals surface area contributed by atoms with Gasteiger partial charge < -0.3 is 5.32 Å². The number of anilines is 2. The summed E-state index contributed by atoms with van der Waals surface area (Å²) in [6.45, 7) is 3.46. The third kappa shape index (κ3) is 4.16. The van der Waals surface area contributed by atoms with E-state index in [2.05, 4.69) is 15.6 Å². The van der Waals surface area contributed by atoms with Crippen molar-refractivity contribution in [2.75, 3.05) is 10.6 Å². The van der Waals surface area contributed by atoms with Gasteiger partial charge in [-0.05, 0) is 51.0 Å². The van der Waals surface area contributed by atoms with Gasteiger partial charge in [-0.2, -0.15) is 0 Å². The molecule has 1 aliphatic rings. The Morgan fingerprint density at radius 2 is 1.80 bits per heavy atom. The molecule has 7 heteroatoms. The first-order valence-corrected chi connectivity index (χ1v) is 10.5. The fourth-order valence-corrected chi connectivity index (χ4v) is 4.49. The van der Waals surface area contributed by atoms with Gasteiger partial charge in [-0.1, -0.05) is 29.8 Å². The second-order valence-electron chi connectivity index (χ2n) is 7.37. The van der Waals surface area contributed by atoms with Crippen LogP contribution in [0.4, 0.5) is 10.8 Å². The quantitative estimate of drug-likeness (QED) is 0.593. The molecule has 0 saturated carbocycles. The second kappa shape index (κ2) is 8.20. The molecular formula is C23H21N3O3S. The van der Waals surface area contributed by atoms with E-state index < -0.39 is 0 Å². The molecule has 152 valence electrons. The number of thiazole rings is 1. The third-order valence-corrected chi connectivity index (χ3v) is 6.15. The first-order valence-electron chi connectivity index (χ1n) is 9.70. The first-order chi connectivity index (χ1) is 14.4. The predicted octanol–water partition coefficient (Wildman–Crippen LogP) is 4.57. The number of aryl methyl sites for hydroxylation is 2. The van der Waals surface area contributed by atoms with Crippen LogP contribution >= 0.6 is 11.3 Å². The Morgan fingerprint density at radius 3 is 2.53 bits per heavy atom. The molecule has 30 heavy (non-hydrogen) atoms. The maximum absolute atomic E-state index is 12.8. The number of hydrogen-bond acceptors (Lipinski definition) is 5.